The van der Waals surface area contributed by atoms with Crippen molar-refractivity contribution in [1.29, 1.82) is 0 Å². The van der Waals surface area contributed by atoms with E-state index < -0.39 is 0 Å². The van der Waals surface area contributed by atoms with E-state index in [1.165, 1.54) is 0 Å². The van der Waals surface area contributed by atoms with Crippen molar-refractivity contribution >= 4 is 50.6 Å². The number of rotatable bonds is 3. The molecule has 0 saturated carbocycles. The summed E-state index contributed by atoms with van der Waals surface area (Å²) in [7, 11) is 0. The minimum atomic E-state index is -0.342. The lowest BCUT2D eigenvalue weighted by Crippen LogP contribution is -2.19. The van der Waals surface area contributed by atoms with Gasteiger partial charge in [-0.15, -0.1) is 11.3 Å². The second kappa shape index (κ2) is 7.15. The number of hydrogen-bond acceptors (Lipinski definition) is 3. The minimum Gasteiger partial charge on any atom is -0.308 e. The van der Waals surface area contributed by atoms with Gasteiger partial charge in [-0.3, -0.25) is 0 Å². The summed E-state index contributed by atoms with van der Waals surface area (Å²) in [5, 5.41) is 6.98. The number of para-hydroxylation sites is 2. The summed E-state index contributed by atoms with van der Waals surface area (Å²) in [5.41, 5.74) is 3.27. The Hall–Kier alpha value is -2.89. The van der Waals surface area contributed by atoms with Crippen molar-refractivity contribution in [2.75, 3.05) is 10.6 Å². The van der Waals surface area contributed by atoms with Crippen molar-refractivity contribution in [2.24, 2.45) is 0 Å². The average molecular weight is 380 g/mol. The van der Waals surface area contributed by atoms with E-state index in [2.05, 4.69) is 21.7 Å². The molecule has 0 aliphatic rings. The summed E-state index contributed by atoms with van der Waals surface area (Å²) in [6.07, 6.45) is 0. The van der Waals surface area contributed by atoms with Crippen molar-refractivity contribution in [2.45, 2.75) is 0 Å². The van der Waals surface area contributed by atoms with Gasteiger partial charge in [0, 0.05) is 11.3 Å². The van der Waals surface area contributed by atoms with E-state index in [9.17, 15) is 4.79 Å². The van der Waals surface area contributed by atoms with Gasteiger partial charge in [0.1, 0.15) is 5.01 Å². The summed E-state index contributed by atoms with van der Waals surface area (Å²) in [5.74, 6) is 0. The molecule has 4 nitrogen and oxygen atoms in total. The van der Waals surface area contributed by atoms with Crippen LogP contribution in [0.15, 0.2) is 72.8 Å². The first-order valence-corrected chi connectivity index (χ1v) is 9.17. The maximum Gasteiger partial charge on any atom is 0.323 e. The number of nitrogens with zero attached hydrogens (tertiary/aromatic N) is 1. The standard InChI is InChI=1S/C20H14ClN3OS/c21-15-5-1-2-6-16(15)24-20(25)22-14-11-9-13(10-12-14)19-23-17-7-3-4-8-18(17)26-19/h1-12H,(H2,22,24,25). The average Bonchev–Trinajstić information content (AvgIpc) is 3.08. The Morgan fingerprint density at radius 1 is 0.885 bits per heavy atom. The third-order valence-electron chi connectivity index (χ3n) is 3.81. The largest absolute Gasteiger partial charge is 0.323 e. The van der Waals surface area contributed by atoms with Gasteiger partial charge >= 0.3 is 6.03 Å². The lowest BCUT2D eigenvalue weighted by atomic mass is 10.2. The molecule has 6 heteroatoms. The number of aromatic nitrogens is 1. The number of carbonyl (C=O) groups excluding carboxylic acids is 1. The van der Waals surface area contributed by atoms with E-state index in [0.29, 0.717) is 16.4 Å². The maximum absolute atomic E-state index is 12.1. The predicted octanol–water partition coefficient (Wildman–Crippen LogP) is 6.26. The van der Waals surface area contributed by atoms with Crippen LogP contribution in [0.5, 0.6) is 0 Å². The van der Waals surface area contributed by atoms with E-state index in [-0.39, 0.29) is 6.03 Å². The molecule has 1 aromatic heterocycles. The minimum absolute atomic E-state index is 0.342. The monoisotopic (exact) mass is 379 g/mol. The smallest absolute Gasteiger partial charge is 0.308 e. The van der Waals surface area contributed by atoms with Crippen LogP contribution >= 0.6 is 22.9 Å². The molecule has 0 unspecified atom stereocenters. The van der Waals surface area contributed by atoms with Gasteiger partial charge in [-0.2, -0.15) is 0 Å². The zero-order valence-corrected chi connectivity index (χ0v) is 15.1. The molecule has 4 aromatic rings. The second-order valence-electron chi connectivity index (χ2n) is 5.62. The summed E-state index contributed by atoms with van der Waals surface area (Å²) in [4.78, 5) is 16.8. The van der Waals surface area contributed by atoms with Crippen LogP contribution in [0.1, 0.15) is 0 Å². The number of thiazole rings is 1. The Kier molecular flexibility index (Phi) is 4.56. The van der Waals surface area contributed by atoms with Crippen LogP contribution in [0, 0.1) is 0 Å². The first-order chi connectivity index (χ1) is 12.7. The van der Waals surface area contributed by atoms with Crippen molar-refractivity contribution in [3.8, 4) is 10.6 Å². The van der Waals surface area contributed by atoms with Crippen molar-refractivity contribution in [3.05, 3.63) is 77.8 Å². The van der Waals surface area contributed by atoms with Crippen LogP contribution in [0.3, 0.4) is 0 Å². The normalized spacial score (nSPS) is 10.7. The highest BCUT2D eigenvalue weighted by Gasteiger charge is 2.08. The summed E-state index contributed by atoms with van der Waals surface area (Å²) >= 11 is 7.69. The molecule has 128 valence electrons. The number of amides is 2. The number of nitrogens with one attached hydrogen (secondary N) is 2. The van der Waals surface area contributed by atoms with Crippen LogP contribution in [0.25, 0.3) is 20.8 Å². The Labute approximate surface area is 159 Å². The molecule has 0 spiro atoms. The number of anilines is 2. The zero-order chi connectivity index (χ0) is 17.9. The molecular weight excluding hydrogens is 366 g/mol. The Morgan fingerprint density at radius 2 is 1.62 bits per heavy atom. The molecule has 0 radical (unpaired) electrons. The Morgan fingerprint density at radius 3 is 2.38 bits per heavy atom. The fourth-order valence-corrected chi connectivity index (χ4v) is 3.69. The Bertz CT molecular complexity index is 1040. The van der Waals surface area contributed by atoms with E-state index >= 15 is 0 Å². The third kappa shape index (κ3) is 3.54. The number of urea groups is 1. The maximum atomic E-state index is 12.1. The highest BCUT2D eigenvalue weighted by atomic mass is 35.5. The van der Waals surface area contributed by atoms with E-state index in [1.54, 1.807) is 23.5 Å². The first-order valence-electron chi connectivity index (χ1n) is 7.97. The fourth-order valence-electron chi connectivity index (χ4n) is 2.54. The molecular formula is C20H14ClN3OS. The molecule has 2 amide bonds. The molecule has 0 fully saturated rings. The van der Waals surface area contributed by atoms with Gasteiger partial charge in [-0.05, 0) is 48.5 Å². The number of benzene rings is 3. The van der Waals surface area contributed by atoms with E-state index in [0.717, 1.165) is 20.8 Å². The number of halogens is 1. The topological polar surface area (TPSA) is 54.0 Å². The molecule has 4 rings (SSSR count). The summed E-state index contributed by atoms with van der Waals surface area (Å²) < 4.78 is 1.16. The van der Waals surface area contributed by atoms with Gasteiger partial charge in [0.05, 0.1) is 20.9 Å². The molecule has 0 saturated heterocycles. The Balaban J connectivity index is 1.47. The highest BCUT2D eigenvalue weighted by molar-refractivity contribution is 7.21. The third-order valence-corrected chi connectivity index (χ3v) is 5.22. The van der Waals surface area contributed by atoms with Crippen LogP contribution in [0.2, 0.25) is 5.02 Å². The van der Waals surface area contributed by atoms with Crippen LogP contribution in [-0.2, 0) is 0 Å². The molecule has 0 bridgehead atoms. The second-order valence-corrected chi connectivity index (χ2v) is 7.06. The van der Waals surface area contributed by atoms with Gasteiger partial charge in [0.2, 0.25) is 0 Å². The quantitative estimate of drug-likeness (QED) is 0.441. The van der Waals surface area contributed by atoms with Crippen LogP contribution in [-0.4, -0.2) is 11.0 Å². The lowest BCUT2D eigenvalue weighted by Gasteiger charge is -2.09. The van der Waals surface area contributed by atoms with Crippen molar-refractivity contribution in [3.63, 3.8) is 0 Å². The first kappa shape index (κ1) is 16.6. The number of hydrogen-bond donors (Lipinski definition) is 2. The SMILES string of the molecule is O=C(Nc1ccc(-c2nc3ccccc3s2)cc1)Nc1ccccc1Cl. The molecule has 0 atom stereocenters. The van der Waals surface area contributed by atoms with Gasteiger partial charge in [-0.1, -0.05) is 35.9 Å². The highest BCUT2D eigenvalue weighted by Crippen LogP contribution is 2.30. The van der Waals surface area contributed by atoms with Crippen molar-refractivity contribution in [1.82, 2.24) is 4.98 Å². The van der Waals surface area contributed by atoms with Crippen LogP contribution in [0.4, 0.5) is 16.2 Å². The summed E-state index contributed by atoms with van der Waals surface area (Å²) in [6, 6.07) is 22.4. The van der Waals surface area contributed by atoms with E-state index in [1.807, 2.05) is 54.6 Å². The van der Waals surface area contributed by atoms with Gasteiger partial charge in [-0.25, -0.2) is 9.78 Å². The molecule has 0 aliphatic carbocycles. The number of fused-ring (bicyclic) bond motifs is 1. The predicted molar refractivity (Wildman–Crippen MR) is 109 cm³/mol. The number of carbonyl (C=O) groups is 1. The zero-order valence-electron chi connectivity index (χ0n) is 13.6. The van der Waals surface area contributed by atoms with Crippen molar-refractivity contribution < 1.29 is 4.79 Å². The molecule has 3 aromatic carbocycles. The fraction of sp³-hybridized carbons (Fsp3) is 0. The van der Waals surface area contributed by atoms with E-state index in [4.69, 9.17) is 11.6 Å². The van der Waals surface area contributed by atoms with Gasteiger partial charge in [0.15, 0.2) is 0 Å². The van der Waals surface area contributed by atoms with Crippen LogP contribution < -0.4 is 10.6 Å². The molecule has 26 heavy (non-hydrogen) atoms. The van der Waals surface area contributed by atoms with Gasteiger partial charge in [0.25, 0.3) is 0 Å². The molecule has 1 heterocycles. The summed E-state index contributed by atoms with van der Waals surface area (Å²) in [6.45, 7) is 0. The molecule has 2 N–H and O–H groups in total. The molecule has 0 aliphatic heterocycles. The van der Waals surface area contributed by atoms with Gasteiger partial charge < -0.3 is 10.6 Å². The lowest BCUT2D eigenvalue weighted by molar-refractivity contribution is 0.262.